The largest absolute Gasteiger partial charge is 0.481 e. The van der Waals surface area contributed by atoms with E-state index in [1.165, 1.54) is 21.6 Å². The van der Waals surface area contributed by atoms with E-state index in [2.05, 4.69) is 0 Å². The minimum atomic E-state index is -0.939. The van der Waals surface area contributed by atoms with Crippen LogP contribution < -0.4 is 4.90 Å². The van der Waals surface area contributed by atoms with Gasteiger partial charge in [-0.3, -0.25) is 14.4 Å². The molecule has 0 bridgehead atoms. The van der Waals surface area contributed by atoms with Gasteiger partial charge in [0.15, 0.2) is 0 Å². The monoisotopic (exact) mass is 306 g/mol. The van der Waals surface area contributed by atoms with Gasteiger partial charge in [0, 0.05) is 12.2 Å². The molecule has 2 amide bonds. The van der Waals surface area contributed by atoms with Crippen LogP contribution in [-0.4, -0.2) is 52.5 Å². The number of thioether (sulfide) groups is 1. The summed E-state index contributed by atoms with van der Waals surface area (Å²) >= 11 is 1.48. The number of fused-ring (bicyclic) bond motifs is 1. The molecule has 0 radical (unpaired) electrons. The molecular weight excluding hydrogens is 292 g/mol. The van der Waals surface area contributed by atoms with Crippen LogP contribution in [0.3, 0.4) is 0 Å². The molecule has 6 nitrogen and oxygen atoms in total. The second-order valence-corrected chi connectivity index (χ2v) is 5.98. The van der Waals surface area contributed by atoms with Crippen LogP contribution >= 0.6 is 11.8 Å². The van der Waals surface area contributed by atoms with E-state index in [4.69, 9.17) is 0 Å². The van der Waals surface area contributed by atoms with Gasteiger partial charge in [0.05, 0.1) is 11.6 Å². The van der Waals surface area contributed by atoms with Crippen molar-refractivity contribution in [1.29, 1.82) is 0 Å². The zero-order valence-electron chi connectivity index (χ0n) is 11.2. The van der Waals surface area contributed by atoms with Crippen LogP contribution in [0.5, 0.6) is 0 Å². The molecule has 1 unspecified atom stereocenters. The second-order valence-electron chi connectivity index (χ2n) is 5.02. The number of anilines is 1. The number of carbonyl (C=O) groups excluding carboxylic acids is 2. The van der Waals surface area contributed by atoms with Crippen LogP contribution in [0.15, 0.2) is 24.3 Å². The van der Waals surface area contributed by atoms with Gasteiger partial charge in [0.1, 0.15) is 12.5 Å². The van der Waals surface area contributed by atoms with Crippen molar-refractivity contribution in [3.8, 4) is 0 Å². The fraction of sp³-hybridized carbons (Fsp3) is 0.357. The number of aliphatic carboxylic acids is 1. The molecule has 21 heavy (non-hydrogen) atoms. The number of carboxylic acids is 1. The number of hydrogen-bond acceptors (Lipinski definition) is 4. The van der Waals surface area contributed by atoms with Crippen molar-refractivity contribution in [1.82, 2.24) is 4.90 Å². The molecule has 1 fully saturated rings. The zero-order valence-corrected chi connectivity index (χ0v) is 12.0. The summed E-state index contributed by atoms with van der Waals surface area (Å²) in [6.07, 6.45) is 0. The Kier molecular flexibility index (Phi) is 3.59. The predicted molar refractivity (Wildman–Crippen MR) is 78.2 cm³/mol. The first kappa shape index (κ1) is 13.9. The zero-order chi connectivity index (χ0) is 15.0. The van der Waals surface area contributed by atoms with Crippen LogP contribution in [0.2, 0.25) is 0 Å². The maximum absolute atomic E-state index is 12.4. The number of benzene rings is 1. The van der Waals surface area contributed by atoms with Crippen molar-refractivity contribution in [2.45, 2.75) is 5.92 Å². The van der Waals surface area contributed by atoms with Gasteiger partial charge in [-0.2, -0.15) is 0 Å². The van der Waals surface area contributed by atoms with E-state index in [-0.39, 0.29) is 24.9 Å². The van der Waals surface area contributed by atoms with Gasteiger partial charge in [-0.25, -0.2) is 0 Å². The van der Waals surface area contributed by atoms with Gasteiger partial charge in [-0.1, -0.05) is 18.2 Å². The number of carbonyl (C=O) groups is 3. The summed E-state index contributed by atoms with van der Waals surface area (Å²) in [5.74, 6) is -0.999. The predicted octanol–water partition coefficient (Wildman–Crippen LogP) is 0.734. The minimum absolute atomic E-state index is 0.00646. The smallest absolute Gasteiger partial charge is 0.312 e. The number of hydrogen-bond donors (Lipinski definition) is 1. The van der Waals surface area contributed by atoms with Crippen LogP contribution in [-0.2, 0) is 14.4 Å². The first-order valence-corrected chi connectivity index (χ1v) is 7.71. The molecule has 2 aliphatic rings. The van der Waals surface area contributed by atoms with E-state index in [9.17, 15) is 19.5 Å². The Morgan fingerprint density at radius 1 is 1.33 bits per heavy atom. The molecule has 7 heteroatoms. The molecule has 1 saturated heterocycles. The molecule has 0 aliphatic carbocycles. The Balaban J connectivity index is 1.81. The molecule has 0 spiro atoms. The van der Waals surface area contributed by atoms with Crippen LogP contribution in [0, 0.1) is 0 Å². The molecule has 3 rings (SSSR count). The second kappa shape index (κ2) is 5.40. The van der Waals surface area contributed by atoms with E-state index < -0.39 is 11.9 Å². The molecule has 1 aromatic carbocycles. The molecule has 110 valence electrons. The number of nitrogens with zero attached hydrogens (tertiary/aromatic N) is 2. The van der Waals surface area contributed by atoms with Gasteiger partial charge in [0.2, 0.25) is 11.8 Å². The Labute approximate surface area is 125 Å². The molecular formula is C14H14N2O4S. The number of para-hydroxylation sites is 1. The minimum Gasteiger partial charge on any atom is -0.481 e. The summed E-state index contributed by atoms with van der Waals surface area (Å²) in [5.41, 5.74) is 1.29. The highest BCUT2D eigenvalue weighted by atomic mass is 32.2. The van der Waals surface area contributed by atoms with Crippen molar-refractivity contribution in [2.75, 3.05) is 29.6 Å². The average molecular weight is 306 g/mol. The molecule has 2 heterocycles. The third kappa shape index (κ3) is 2.49. The van der Waals surface area contributed by atoms with E-state index in [1.54, 1.807) is 24.3 Å². The van der Waals surface area contributed by atoms with Gasteiger partial charge < -0.3 is 14.9 Å². The van der Waals surface area contributed by atoms with Crippen molar-refractivity contribution in [2.24, 2.45) is 0 Å². The highest BCUT2D eigenvalue weighted by Crippen LogP contribution is 2.36. The van der Waals surface area contributed by atoms with Crippen molar-refractivity contribution in [3.05, 3.63) is 29.8 Å². The number of rotatable bonds is 3. The van der Waals surface area contributed by atoms with E-state index in [0.717, 1.165) is 0 Å². The van der Waals surface area contributed by atoms with Crippen LogP contribution in [0.4, 0.5) is 5.69 Å². The number of amides is 2. The average Bonchev–Trinajstić information content (AvgIpc) is 3.03. The Hall–Kier alpha value is -2.02. The van der Waals surface area contributed by atoms with Crippen LogP contribution in [0.1, 0.15) is 11.5 Å². The topological polar surface area (TPSA) is 77.9 Å². The lowest BCUT2D eigenvalue weighted by Gasteiger charge is -2.21. The summed E-state index contributed by atoms with van der Waals surface area (Å²) < 4.78 is 0. The summed E-state index contributed by atoms with van der Waals surface area (Å²) in [6.45, 7) is 0.134. The highest BCUT2D eigenvalue weighted by molar-refractivity contribution is 8.00. The van der Waals surface area contributed by atoms with Gasteiger partial charge in [0.25, 0.3) is 0 Å². The lowest BCUT2D eigenvalue weighted by atomic mass is 10.0. The molecule has 1 N–H and O–H groups in total. The SMILES string of the molecule is O=C(O)C1CN(C(=O)CN2CSCC2=O)c2ccccc21. The van der Waals surface area contributed by atoms with E-state index in [0.29, 0.717) is 22.9 Å². The van der Waals surface area contributed by atoms with Gasteiger partial charge >= 0.3 is 5.97 Å². The molecule has 0 aromatic heterocycles. The molecule has 2 aliphatic heterocycles. The fourth-order valence-corrected chi connectivity index (χ4v) is 3.55. The summed E-state index contributed by atoms with van der Waals surface area (Å²) in [5, 5.41) is 9.28. The van der Waals surface area contributed by atoms with Gasteiger partial charge in [-0.15, -0.1) is 11.8 Å². The lowest BCUT2D eigenvalue weighted by Crippen LogP contribution is -2.41. The maximum atomic E-state index is 12.4. The van der Waals surface area contributed by atoms with E-state index in [1.807, 2.05) is 0 Å². The lowest BCUT2D eigenvalue weighted by molar-refractivity contribution is -0.138. The third-order valence-electron chi connectivity index (χ3n) is 3.72. The normalized spacial score (nSPS) is 20.8. The standard InChI is InChI=1S/C14H14N2O4S/c17-12(6-15-8-21-7-13(15)18)16-5-10(14(19)20)9-3-1-2-4-11(9)16/h1-4,10H,5-8H2,(H,19,20). The maximum Gasteiger partial charge on any atom is 0.312 e. The summed E-state index contributed by atoms with van der Waals surface area (Å²) in [6, 6.07) is 7.03. The van der Waals surface area contributed by atoms with E-state index >= 15 is 0 Å². The number of carboxylic acid groups (broad SMARTS) is 1. The highest BCUT2D eigenvalue weighted by Gasteiger charge is 2.37. The Morgan fingerprint density at radius 2 is 2.10 bits per heavy atom. The first-order valence-electron chi connectivity index (χ1n) is 6.55. The third-order valence-corrected chi connectivity index (χ3v) is 4.66. The Morgan fingerprint density at radius 3 is 2.76 bits per heavy atom. The quantitative estimate of drug-likeness (QED) is 0.891. The van der Waals surface area contributed by atoms with Crippen molar-refractivity contribution < 1.29 is 19.5 Å². The summed E-state index contributed by atoms with van der Waals surface area (Å²) in [7, 11) is 0. The summed E-state index contributed by atoms with van der Waals surface area (Å²) in [4.78, 5) is 38.3. The van der Waals surface area contributed by atoms with Crippen molar-refractivity contribution in [3.63, 3.8) is 0 Å². The molecule has 0 saturated carbocycles. The van der Waals surface area contributed by atoms with Crippen molar-refractivity contribution >= 4 is 35.2 Å². The van der Waals surface area contributed by atoms with Crippen LogP contribution in [0.25, 0.3) is 0 Å². The Bertz CT molecular complexity index is 619. The molecule has 1 aromatic rings. The molecule has 1 atom stereocenters. The fourth-order valence-electron chi connectivity index (χ4n) is 2.64. The first-order chi connectivity index (χ1) is 10.1. The van der Waals surface area contributed by atoms with Gasteiger partial charge in [-0.05, 0) is 11.6 Å².